The Balaban J connectivity index is 0.948. The van der Waals surface area contributed by atoms with Crippen LogP contribution in [-0.2, 0) is 9.53 Å². The van der Waals surface area contributed by atoms with Crippen LogP contribution in [0.3, 0.4) is 0 Å². The third-order valence-corrected chi connectivity index (χ3v) is 12.4. The molecule has 4 aliphatic carbocycles. The van der Waals surface area contributed by atoms with Crippen LogP contribution >= 0.6 is 0 Å². The Morgan fingerprint density at radius 3 is 2.74 bits per heavy atom. The number of ether oxygens (including phenoxy) is 2. The lowest BCUT2D eigenvalue weighted by Gasteiger charge is -2.60. The number of aliphatic hydroxyl groups is 1. The number of carbonyl (C=O) groups is 1. The molecule has 0 radical (unpaired) electrons. The van der Waals surface area contributed by atoms with Crippen molar-refractivity contribution in [1.29, 1.82) is 0 Å². The van der Waals surface area contributed by atoms with Crippen molar-refractivity contribution in [3.05, 3.63) is 30.5 Å². The van der Waals surface area contributed by atoms with Gasteiger partial charge >= 0.3 is 0 Å². The van der Waals surface area contributed by atoms with Crippen molar-refractivity contribution in [3.8, 4) is 5.75 Å². The third-order valence-electron chi connectivity index (χ3n) is 12.4. The summed E-state index contributed by atoms with van der Waals surface area (Å²) in [5.74, 6) is 3.77. The number of carbonyl (C=O) groups excluding carboxylic acids is 1. The van der Waals surface area contributed by atoms with E-state index in [1.807, 2.05) is 30.5 Å². The molecule has 1 aromatic heterocycles. The SMILES string of the molecule is COc1cc(NC(C)CCCNC(=O)CO[C@H]2CC[C@H]3[C@@H]4CC[C@H]5C[C@@H](O)CC[C@]5(C)[C@H]4CC[C@]23C)c2ncccc2c1. The average Bonchev–Trinajstić information content (AvgIpc) is 3.34. The highest BCUT2D eigenvalue weighted by atomic mass is 16.5. The Labute approximate surface area is 257 Å². The summed E-state index contributed by atoms with van der Waals surface area (Å²) >= 11 is 0. The van der Waals surface area contributed by atoms with Crippen molar-refractivity contribution in [2.45, 2.75) is 110 Å². The number of hydrogen-bond acceptors (Lipinski definition) is 6. The Morgan fingerprint density at radius 1 is 1.09 bits per heavy atom. The number of anilines is 1. The van der Waals surface area contributed by atoms with Gasteiger partial charge in [-0.1, -0.05) is 19.9 Å². The van der Waals surface area contributed by atoms with Crippen LogP contribution in [-0.4, -0.2) is 54.5 Å². The molecule has 0 spiro atoms. The second kappa shape index (κ2) is 12.5. The summed E-state index contributed by atoms with van der Waals surface area (Å²) in [4.78, 5) is 17.3. The zero-order chi connectivity index (χ0) is 30.2. The summed E-state index contributed by atoms with van der Waals surface area (Å²) < 4.78 is 11.9. The van der Waals surface area contributed by atoms with Gasteiger partial charge in [0.1, 0.15) is 12.4 Å². The molecular formula is C36H53N3O4. The van der Waals surface area contributed by atoms with Gasteiger partial charge in [-0.25, -0.2) is 0 Å². The van der Waals surface area contributed by atoms with Crippen molar-refractivity contribution in [2.75, 3.05) is 25.6 Å². The highest BCUT2D eigenvalue weighted by Crippen LogP contribution is 2.66. The molecule has 7 nitrogen and oxygen atoms in total. The third kappa shape index (κ3) is 6.01. The molecule has 1 aromatic carbocycles. The molecular weight excluding hydrogens is 538 g/mol. The van der Waals surface area contributed by atoms with E-state index in [2.05, 4.69) is 36.4 Å². The summed E-state index contributed by atoms with van der Waals surface area (Å²) in [7, 11) is 1.68. The number of rotatable bonds is 10. The Morgan fingerprint density at radius 2 is 1.91 bits per heavy atom. The highest BCUT2D eigenvalue weighted by molar-refractivity contribution is 5.91. The normalized spacial score (nSPS) is 35.8. The van der Waals surface area contributed by atoms with Gasteiger partial charge in [-0.2, -0.15) is 0 Å². The van der Waals surface area contributed by atoms with Crippen LogP contribution in [0.25, 0.3) is 10.9 Å². The number of pyridine rings is 1. The summed E-state index contributed by atoms with van der Waals surface area (Å²) in [6.07, 6.45) is 14.3. The first kappa shape index (κ1) is 30.6. The number of amides is 1. The maximum absolute atomic E-state index is 12.8. The molecule has 4 saturated carbocycles. The molecule has 1 unspecified atom stereocenters. The Bertz CT molecular complexity index is 1290. The van der Waals surface area contributed by atoms with Crippen LogP contribution in [0.4, 0.5) is 5.69 Å². The quantitative estimate of drug-likeness (QED) is 0.266. The molecule has 7 heteroatoms. The second-order valence-corrected chi connectivity index (χ2v) is 14.8. The van der Waals surface area contributed by atoms with Crippen LogP contribution < -0.4 is 15.4 Å². The van der Waals surface area contributed by atoms with E-state index < -0.39 is 0 Å². The van der Waals surface area contributed by atoms with Gasteiger partial charge in [0.25, 0.3) is 0 Å². The number of nitrogens with one attached hydrogen (secondary N) is 2. The van der Waals surface area contributed by atoms with E-state index in [0.717, 1.165) is 66.3 Å². The summed E-state index contributed by atoms with van der Waals surface area (Å²) in [6, 6.07) is 8.21. The second-order valence-electron chi connectivity index (χ2n) is 14.8. The van der Waals surface area contributed by atoms with Crippen molar-refractivity contribution in [2.24, 2.45) is 34.5 Å². The number of aliphatic hydroxyl groups excluding tert-OH is 1. The van der Waals surface area contributed by atoms with E-state index in [0.29, 0.717) is 23.8 Å². The van der Waals surface area contributed by atoms with E-state index in [4.69, 9.17) is 9.47 Å². The first-order chi connectivity index (χ1) is 20.7. The molecule has 0 saturated heterocycles. The summed E-state index contributed by atoms with van der Waals surface area (Å²) in [5, 5.41) is 18.1. The van der Waals surface area contributed by atoms with Gasteiger partial charge in [0.05, 0.1) is 30.5 Å². The number of fused-ring (bicyclic) bond motifs is 6. The molecule has 1 amide bonds. The molecule has 4 aliphatic rings. The minimum absolute atomic E-state index is 0.00174. The fraction of sp³-hybridized carbons (Fsp3) is 0.722. The van der Waals surface area contributed by atoms with Gasteiger partial charge in [0.2, 0.25) is 5.91 Å². The predicted molar refractivity (Wildman–Crippen MR) is 171 cm³/mol. The standard InChI is InChI=1S/C36H53N3O4/c1-23(39-31-21-27(42-4)19-24-8-6-18-38-34(24)31)7-5-17-37-33(41)22-43-32-12-11-29-28-10-9-25-20-26(40)13-15-35(25,2)30(28)14-16-36(29,32)3/h6,8,18-19,21,23,25-26,28-30,32,39-40H,5,7,9-17,20,22H2,1-4H3,(H,37,41)/t23?,25-,26-,28-,29-,30-,32-,35-,36-/m0/s1. The lowest BCUT2D eigenvalue weighted by Crippen LogP contribution is -2.54. The van der Waals surface area contributed by atoms with E-state index in [-0.39, 0.29) is 36.2 Å². The van der Waals surface area contributed by atoms with E-state index in [1.54, 1.807) is 7.11 Å². The van der Waals surface area contributed by atoms with Gasteiger partial charge in [-0.3, -0.25) is 9.78 Å². The Kier molecular flexibility index (Phi) is 8.94. The number of aromatic nitrogens is 1. The first-order valence-corrected chi connectivity index (χ1v) is 17.0. The molecule has 0 aliphatic heterocycles. The molecule has 6 rings (SSSR count). The van der Waals surface area contributed by atoms with Crippen LogP contribution in [0, 0.1) is 34.5 Å². The van der Waals surface area contributed by atoms with Gasteiger partial charge in [0.15, 0.2) is 0 Å². The maximum atomic E-state index is 12.8. The molecule has 4 fully saturated rings. The smallest absolute Gasteiger partial charge is 0.246 e. The molecule has 0 bridgehead atoms. The average molecular weight is 592 g/mol. The minimum Gasteiger partial charge on any atom is -0.497 e. The van der Waals surface area contributed by atoms with Crippen LogP contribution in [0.15, 0.2) is 30.5 Å². The zero-order valence-electron chi connectivity index (χ0n) is 26.7. The van der Waals surface area contributed by atoms with Crippen molar-refractivity contribution < 1.29 is 19.4 Å². The van der Waals surface area contributed by atoms with E-state index >= 15 is 0 Å². The molecule has 236 valence electrons. The van der Waals surface area contributed by atoms with Gasteiger partial charge in [-0.15, -0.1) is 0 Å². The lowest BCUT2D eigenvalue weighted by atomic mass is 9.45. The summed E-state index contributed by atoms with van der Waals surface area (Å²) in [5.41, 5.74) is 2.48. The number of methoxy groups -OCH3 is 1. The number of benzene rings is 1. The van der Waals surface area contributed by atoms with E-state index in [9.17, 15) is 9.90 Å². The largest absolute Gasteiger partial charge is 0.497 e. The van der Waals surface area contributed by atoms with Crippen LogP contribution in [0.2, 0.25) is 0 Å². The fourth-order valence-corrected chi connectivity index (χ4v) is 10.1. The molecule has 9 atom stereocenters. The zero-order valence-corrected chi connectivity index (χ0v) is 26.7. The van der Waals surface area contributed by atoms with Crippen molar-refractivity contribution in [3.63, 3.8) is 0 Å². The fourth-order valence-electron chi connectivity index (χ4n) is 10.1. The molecule has 2 aromatic rings. The van der Waals surface area contributed by atoms with Gasteiger partial charge in [-0.05, 0) is 124 Å². The Hall–Kier alpha value is -2.38. The predicted octanol–water partition coefficient (Wildman–Crippen LogP) is 6.73. The van der Waals surface area contributed by atoms with Crippen LogP contribution in [0.5, 0.6) is 5.75 Å². The monoisotopic (exact) mass is 591 g/mol. The van der Waals surface area contributed by atoms with Gasteiger partial charge < -0.3 is 25.2 Å². The van der Waals surface area contributed by atoms with Crippen LogP contribution in [0.1, 0.15) is 91.4 Å². The van der Waals surface area contributed by atoms with Gasteiger partial charge in [0, 0.05) is 30.2 Å². The number of nitrogens with zero attached hydrogens (tertiary/aromatic N) is 1. The molecule has 1 heterocycles. The molecule has 3 N–H and O–H groups in total. The lowest BCUT2D eigenvalue weighted by molar-refractivity contribution is -0.147. The maximum Gasteiger partial charge on any atom is 0.246 e. The summed E-state index contributed by atoms with van der Waals surface area (Å²) in [6.45, 7) is 7.97. The number of hydrogen-bond donors (Lipinski definition) is 3. The van der Waals surface area contributed by atoms with E-state index in [1.165, 1.54) is 38.5 Å². The topological polar surface area (TPSA) is 92.7 Å². The van der Waals surface area contributed by atoms with Crippen molar-refractivity contribution >= 4 is 22.5 Å². The highest BCUT2D eigenvalue weighted by Gasteiger charge is 2.60. The van der Waals surface area contributed by atoms with Crippen molar-refractivity contribution in [1.82, 2.24) is 10.3 Å². The molecule has 43 heavy (non-hydrogen) atoms. The first-order valence-electron chi connectivity index (χ1n) is 17.0. The minimum atomic E-state index is -0.0869.